The predicted octanol–water partition coefficient (Wildman–Crippen LogP) is 2.26. The number of benzene rings is 2. The van der Waals surface area contributed by atoms with Crippen LogP contribution in [0.4, 0.5) is 5.69 Å². The molecule has 0 aliphatic heterocycles. The molecule has 2 aromatic carbocycles. The molecule has 0 spiro atoms. The second-order valence-corrected chi connectivity index (χ2v) is 9.86. The van der Waals surface area contributed by atoms with Gasteiger partial charge in [-0.2, -0.15) is 0 Å². The molecule has 0 unspecified atom stereocenters. The third kappa shape index (κ3) is 6.04. The van der Waals surface area contributed by atoms with Gasteiger partial charge in [0.1, 0.15) is 6.04 Å². The van der Waals surface area contributed by atoms with Crippen LogP contribution in [0.25, 0.3) is 0 Å². The second kappa shape index (κ2) is 10.2. The first kappa shape index (κ1) is 24.8. The number of hydrogen-bond acceptors (Lipinski definition) is 5. The van der Waals surface area contributed by atoms with Crippen LogP contribution < -0.4 is 10.6 Å². The number of amides is 2. The quantitative estimate of drug-likeness (QED) is 0.621. The van der Waals surface area contributed by atoms with E-state index in [1.807, 2.05) is 0 Å². The Morgan fingerprint density at radius 1 is 1.06 bits per heavy atom. The van der Waals surface area contributed by atoms with E-state index in [1.54, 1.807) is 55.3 Å². The molecule has 0 saturated carbocycles. The normalized spacial score (nSPS) is 12.6. The van der Waals surface area contributed by atoms with E-state index in [4.69, 9.17) is 11.6 Å². The summed E-state index contributed by atoms with van der Waals surface area (Å²) in [6.45, 7) is 1.60. The minimum absolute atomic E-state index is 0.0929. The number of anilines is 1. The fraction of sp³-hybridized carbons (Fsp3) is 0.333. The van der Waals surface area contributed by atoms with Crippen molar-refractivity contribution in [1.29, 1.82) is 0 Å². The summed E-state index contributed by atoms with van der Waals surface area (Å²) in [6, 6.07) is 10.8. The summed E-state index contributed by atoms with van der Waals surface area (Å²) in [7, 11) is 2.43. The number of aryl methyl sites for hydroxylation is 1. The average Bonchev–Trinajstić information content (AvgIpc) is 2.70. The monoisotopic (exact) mass is 466 g/mol. The maximum Gasteiger partial charge on any atom is 0.242 e. The SMILES string of the molecule is CNC(=O)[C@@H](c1ccc(Cl)cc1)N(C)CC(=O)Nc1ccc(C)c(S(=O)(=O)N(C)C)c1. The zero-order valence-electron chi connectivity index (χ0n) is 18.1. The standard InChI is InChI=1S/C21H27ClN4O4S/c1-14-6-11-17(12-18(14)31(29,30)25(3)4)24-19(27)13-26(5)20(21(28)23-2)15-7-9-16(22)10-8-15/h6-12,20H,13H2,1-5H3,(H,23,28)(H,24,27)/t20-/m1/s1. The van der Waals surface area contributed by atoms with E-state index < -0.39 is 16.1 Å². The van der Waals surface area contributed by atoms with Gasteiger partial charge in [-0.25, -0.2) is 12.7 Å². The van der Waals surface area contributed by atoms with E-state index in [0.717, 1.165) is 4.31 Å². The number of nitrogens with one attached hydrogen (secondary N) is 2. The summed E-state index contributed by atoms with van der Waals surface area (Å²) < 4.78 is 26.1. The van der Waals surface area contributed by atoms with Crippen LogP contribution in [0.2, 0.25) is 5.02 Å². The fourth-order valence-corrected chi connectivity index (χ4v) is 4.33. The third-order valence-electron chi connectivity index (χ3n) is 4.74. The van der Waals surface area contributed by atoms with E-state index in [2.05, 4.69) is 10.6 Å². The first-order valence-corrected chi connectivity index (χ1v) is 11.3. The van der Waals surface area contributed by atoms with E-state index >= 15 is 0 Å². The van der Waals surface area contributed by atoms with Crippen molar-refractivity contribution in [3.05, 3.63) is 58.6 Å². The summed E-state index contributed by atoms with van der Waals surface area (Å²) in [5.74, 6) is -0.658. The highest BCUT2D eigenvalue weighted by Gasteiger charge is 2.26. The molecule has 0 radical (unpaired) electrons. The molecule has 0 aliphatic rings. The highest BCUT2D eigenvalue weighted by atomic mass is 35.5. The van der Waals surface area contributed by atoms with Gasteiger partial charge in [0, 0.05) is 31.9 Å². The van der Waals surface area contributed by atoms with Gasteiger partial charge in [0.25, 0.3) is 0 Å². The number of sulfonamides is 1. The molecule has 0 fully saturated rings. The summed E-state index contributed by atoms with van der Waals surface area (Å²) >= 11 is 5.94. The smallest absolute Gasteiger partial charge is 0.242 e. The number of halogens is 1. The zero-order valence-corrected chi connectivity index (χ0v) is 19.7. The number of likely N-dealkylation sites (N-methyl/N-ethyl adjacent to an activating group) is 2. The lowest BCUT2D eigenvalue weighted by atomic mass is 10.0. The maximum absolute atomic E-state index is 12.6. The zero-order chi connectivity index (χ0) is 23.3. The lowest BCUT2D eigenvalue weighted by Crippen LogP contribution is -2.40. The van der Waals surface area contributed by atoms with Crippen molar-refractivity contribution >= 4 is 39.1 Å². The van der Waals surface area contributed by atoms with Crippen LogP contribution in [0, 0.1) is 6.92 Å². The Hall–Kier alpha value is -2.46. The molecule has 2 amide bonds. The summed E-state index contributed by atoms with van der Waals surface area (Å²) in [6.07, 6.45) is 0. The molecule has 0 saturated heterocycles. The Morgan fingerprint density at radius 2 is 1.68 bits per heavy atom. The highest BCUT2D eigenvalue weighted by Crippen LogP contribution is 2.24. The van der Waals surface area contributed by atoms with Crippen LogP contribution in [-0.4, -0.2) is 64.2 Å². The van der Waals surface area contributed by atoms with E-state index in [-0.39, 0.29) is 23.3 Å². The summed E-state index contributed by atoms with van der Waals surface area (Å²) in [5.41, 5.74) is 1.62. The lowest BCUT2D eigenvalue weighted by molar-refractivity contribution is -0.126. The number of carbonyl (C=O) groups is 2. The van der Waals surface area contributed by atoms with Crippen LogP contribution in [0.1, 0.15) is 17.2 Å². The van der Waals surface area contributed by atoms with E-state index in [1.165, 1.54) is 27.2 Å². The van der Waals surface area contributed by atoms with Gasteiger partial charge in [-0.15, -0.1) is 0 Å². The minimum atomic E-state index is -3.65. The average molecular weight is 467 g/mol. The van der Waals surface area contributed by atoms with Crippen LogP contribution in [-0.2, 0) is 19.6 Å². The highest BCUT2D eigenvalue weighted by molar-refractivity contribution is 7.89. The molecule has 8 nitrogen and oxygen atoms in total. The Morgan fingerprint density at radius 3 is 2.23 bits per heavy atom. The first-order chi connectivity index (χ1) is 14.5. The molecule has 2 rings (SSSR count). The van der Waals surface area contributed by atoms with Gasteiger partial charge >= 0.3 is 0 Å². The van der Waals surface area contributed by atoms with Gasteiger partial charge in [0.05, 0.1) is 11.4 Å². The molecule has 31 heavy (non-hydrogen) atoms. The van der Waals surface area contributed by atoms with Crippen molar-refractivity contribution < 1.29 is 18.0 Å². The van der Waals surface area contributed by atoms with Crippen molar-refractivity contribution in [3.8, 4) is 0 Å². The molecule has 168 valence electrons. The molecule has 0 aromatic heterocycles. The second-order valence-electron chi connectivity index (χ2n) is 7.30. The minimum Gasteiger partial charge on any atom is -0.358 e. The number of nitrogens with zero attached hydrogens (tertiary/aromatic N) is 2. The Balaban J connectivity index is 2.20. The largest absolute Gasteiger partial charge is 0.358 e. The van der Waals surface area contributed by atoms with Gasteiger partial charge in [-0.1, -0.05) is 29.8 Å². The van der Waals surface area contributed by atoms with Crippen molar-refractivity contribution in [3.63, 3.8) is 0 Å². The van der Waals surface area contributed by atoms with Crippen molar-refractivity contribution in [1.82, 2.24) is 14.5 Å². The van der Waals surface area contributed by atoms with Crippen LogP contribution in [0.5, 0.6) is 0 Å². The number of carbonyl (C=O) groups excluding carboxylic acids is 2. The molecular formula is C21H27ClN4O4S. The Kier molecular flexibility index (Phi) is 8.19. The van der Waals surface area contributed by atoms with E-state index in [9.17, 15) is 18.0 Å². The fourth-order valence-electron chi connectivity index (χ4n) is 3.06. The van der Waals surface area contributed by atoms with Crippen LogP contribution >= 0.6 is 11.6 Å². The maximum atomic E-state index is 12.6. The predicted molar refractivity (Wildman–Crippen MR) is 122 cm³/mol. The van der Waals surface area contributed by atoms with Gasteiger partial charge in [0.2, 0.25) is 21.8 Å². The molecule has 0 aliphatic carbocycles. The number of hydrogen-bond donors (Lipinski definition) is 2. The molecule has 0 heterocycles. The van der Waals surface area contributed by atoms with Gasteiger partial charge in [-0.3, -0.25) is 14.5 Å². The molecule has 0 bridgehead atoms. The first-order valence-electron chi connectivity index (χ1n) is 9.47. The molecule has 2 aromatic rings. The third-order valence-corrected chi connectivity index (χ3v) is 6.95. The van der Waals surface area contributed by atoms with Crippen molar-refractivity contribution in [2.45, 2.75) is 17.9 Å². The molecule has 2 N–H and O–H groups in total. The van der Waals surface area contributed by atoms with E-state index in [0.29, 0.717) is 21.8 Å². The van der Waals surface area contributed by atoms with Gasteiger partial charge in [0.15, 0.2) is 0 Å². The van der Waals surface area contributed by atoms with Crippen molar-refractivity contribution in [2.24, 2.45) is 0 Å². The van der Waals surface area contributed by atoms with Gasteiger partial charge in [-0.05, 0) is 49.4 Å². The Bertz CT molecular complexity index is 1060. The van der Waals surface area contributed by atoms with Gasteiger partial charge < -0.3 is 10.6 Å². The lowest BCUT2D eigenvalue weighted by Gasteiger charge is -2.26. The molecular weight excluding hydrogens is 440 g/mol. The number of rotatable bonds is 8. The summed E-state index contributed by atoms with van der Waals surface area (Å²) in [4.78, 5) is 26.8. The Labute approximate surface area is 188 Å². The molecule has 1 atom stereocenters. The topological polar surface area (TPSA) is 98.8 Å². The summed E-state index contributed by atoms with van der Waals surface area (Å²) in [5, 5.41) is 5.86. The van der Waals surface area contributed by atoms with Crippen LogP contribution in [0.15, 0.2) is 47.4 Å². The van der Waals surface area contributed by atoms with Crippen LogP contribution in [0.3, 0.4) is 0 Å². The van der Waals surface area contributed by atoms with Crippen molar-refractivity contribution in [2.75, 3.05) is 40.1 Å². The molecule has 10 heteroatoms.